The predicted molar refractivity (Wildman–Crippen MR) is 108 cm³/mol. The number of benzene rings is 2. The van der Waals surface area contributed by atoms with Crippen molar-refractivity contribution < 1.29 is 4.79 Å². The van der Waals surface area contributed by atoms with Crippen LogP contribution < -0.4 is 4.90 Å². The lowest BCUT2D eigenvalue weighted by molar-refractivity contribution is 0.0984. The van der Waals surface area contributed by atoms with Crippen molar-refractivity contribution in [1.29, 1.82) is 0 Å². The summed E-state index contributed by atoms with van der Waals surface area (Å²) in [4.78, 5) is 14.8. The van der Waals surface area contributed by atoms with Gasteiger partial charge in [-0.2, -0.15) is 0 Å². The molecular weight excluding hydrogens is 366 g/mol. The smallest absolute Gasteiger partial charge is 0.261 e. The van der Waals surface area contributed by atoms with Crippen LogP contribution in [0.25, 0.3) is 10.6 Å². The van der Waals surface area contributed by atoms with Crippen LogP contribution in [0, 0.1) is 12.8 Å². The fraction of sp³-hybridized carbons (Fsp3) is 0.250. The van der Waals surface area contributed by atoms with E-state index in [-0.39, 0.29) is 11.8 Å². The van der Waals surface area contributed by atoms with E-state index in [4.69, 9.17) is 11.6 Å². The molecule has 26 heavy (non-hydrogen) atoms. The van der Waals surface area contributed by atoms with Crippen molar-refractivity contribution in [2.45, 2.75) is 20.8 Å². The van der Waals surface area contributed by atoms with E-state index >= 15 is 0 Å². The molecule has 0 N–H and O–H groups in total. The van der Waals surface area contributed by atoms with Crippen molar-refractivity contribution >= 4 is 34.0 Å². The number of anilines is 1. The molecule has 0 atom stereocenters. The van der Waals surface area contributed by atoms with E-state index in [2.05, 4.69) is 24.0 Å². The number of aromatic nitrogens is 2. The van der Waals surface area contributed by atoms with Crippen molar-refractivity contribution in [3.05, 3.63) is 64.7 Å². The van der Waals surface area contributed by atoms with Crippen LogP contribution in [0.3, 0.4) is 0 Å². The van der Waals surface area contributed by atoms with Gasteiger partial charge in [0.25, 0.3) is 5.91 Å². The van der Waals surface area contributed by atoms with Crippen molar-refractivity contribution in [3.8, 4) is 10.6 Å². The van der Waals surface area contributed by atoms with E-state index < -0.39 is 0 Å². The van der Waals surface area contributed by atoms with E-state index in [0.717, 1.165) is 16.1 Å². The molecule has 0 radical (unpaired) electrons. The second kappa shape index (κ2) is 7.98. The maximum Gasteiger partial charge on any atom is 0.261 e. The van der Waals surface area contributed by atoms with E-state index in [9.17, 15) is 4.79 Å². The maximum atomic E-state index is 13.1. The third-order valence-corrected chi connectivity index (χ3v) is 5.23. The first-order valence-electron chi connectivity index (χ1n) is 8.43. The number of rotatable bonds is 5. The van der Waals surface area contributed by atoms with Crippen molar-refractivity contribution in [2.24, 2.45) is 5.92 Å². The van der Waals surface area contributed by atoms with Crippen molar-refractivity contribution in [1.82, 2.24) is 10.2 Å². The Morgan fingerprint density at radius 1 is 1.12 bits per heavy atom. The summed E-state index contributed by atoms with van der Waals surface area (Å²) >= 11 is 7.65. The Balaban J connectivity index is 1.98. The van der Waals surface area contributed by atoms with Crippen LogP contribution in [0.1, 0.15) is 29.8 Å². The first-order valence-corrected chi connectivity index (χ1v) is 9.62. The van der Waals surface area contributed by atoms with E-state index in [1.54, 1.807) is 17.0 Å². The van der Waals surface area contributed by atoms with E-state index in [1.165, 1.54) is 11.3 Å². The molecule has 1 amide bonds. The highest BCUT2D eigenvalue weighted by Crippen LogP contribution is 2.32. The Bertz CT molecular complexity index is 923. The fourth-order valence-electron chi connectivity index (χ4n) is 2.64. The number of hydrogen-bond acceptors (Lipinski definition) is 4. The van der Waals surface area contributed by atoms with Gasteiger partial charge in [0.1, 0.15) is 5.01 Å². The van der Waals surface area contributed by atoms with E-state index in [0.29, 0.717) is 22.3 Å². The molecule has 0 spiro atoms. The standard InChI is InChI=1S/C20H20ClN3OS/c1-13(2)12-24(19(25)16-10-6-7-11-17(16)21)20-23-22-18(26-20)15-9-5-4-8-14(15)3/h4-11,13H,12H2,1-3H3. The number of nitrogens with zero attached hydrogens (tertiary/aromatic N) is 3. The number of aryl methyl sites for hydroxylation is 1. The van der Waals surface area contributed by atoms with E-state index in [1.807, 2.05) is 43.3 Å². The molecule has 3 rings (SSSR count). The number of carbonyl (C=O) groups excluding carboxylic acids is 1. The molecule has 0 saturated carbocycles. The van der Waals surface area contributed by atoms with Crippen LogP contribution in [-0.4, -0.2) is 22.6 Å². The molecule has 6 heteroatoms. The Hall–Kier alpha value is -2.24. The summed E-state index contributed by atoms with van der Waals surface area (Å²) in [5.74, 6) is 0.129. The molecule has 3 aromatic rings. The Morgan fingerprint density at radius 2 is 1.81 bits per heavy atom. The molecule has 0 aliphatic rings. The summed E-state index contributed by atoms with van der Waals surface area (Å²) in [6.45, 7) is 6.72. The molecular formula is C20H20ClN3OS. The molecule has 0 aliphatic carbocycles. The molecule has 134 valence electrons. The van der Waals surface area contributed by atoms with Gasteiger partial charge in [-0.05, 0) is 30.5 Å². The van der Waals surface area contributed by atoms with Gasteiger partial charge in [-0.25, -0.2) is 0 Å². The molecule has 2 aromatic carbocycles. The van der Waals surface area contributed by atoms with Gasteiger partial charge < -0.3 is 0 Å². The minimum Gasteiger partial charge on any atom is -0.282 e. The topological polar surface area (TPSA) is 46.1 Å². The summed E-state index contributed by atoms with van der Waals surface area (Å²) < 4.78 is 0. The van der Waals surface area contributed by atoms with Gasteiger partial charge in [0.05, 0.1) is 10.6 Å². The third-order valence-electron chi connectivity index (χ3n) is 3.92. The molecule has 4 nitrogen and oxygen atoms in total. The highest BCUT2D eigenvalue weighted by atomic mass is 35.5. The van der Waals surface area contributed by atoms with Crippen LogP contribution in [0.5, 0.6) is 0 Å². The number of amides is 1. The van der Waals surface area contributed by atoms with Gasteiger partial charge in [0.15, 0.2) is 0 Å². The molecule has 0 unspecified atom stereocenters. The van der Waals surface area contributed by atoms with Gasteiger partial charge in [-0.1, -0.05) is 73.2 Å². The minimum absolute atomic E-state index is 0.156. The lowest BCUT2D eigenvalue weighted by Gasteiger charge is -2.21. The molecule has 1 aromatic heterocycles. The summed E-state index contributed by atoms with van der Waals surface area (Å²) in [6.07, 6.45) is 0. The number of halogens is 1. The number of hydrogen-bond donors (Lipinski definition) is 0. The first kappa shape index (κ1) is 18.5. The minimum atomic E-state index is -0.156. The Labute approximate surface area is 162 Å². The lowest BCUT2D eigenvalue weighted by atomic mass is 10.1. The molecule has 1 heterocycles. The second-order valence-corrected chi connectivity index (χ2v) is 7.86. The fourth-order valence-corrected chi connectivity index (χ4v) is 3.80. The predicted octanol–water partition coefficient (Wildman–Crippen LogP) is 5.47. The van der Waals surface area contributed by atoms with Gasteiger partial charge >= 0.3 is 0 Å². The zero-order valence-corrected chi connectivity index (χ0v) is 16.5. The average molecular weight is 386 g/mol. The monoisotopic (exact) mass is 385 g/mol. The van der Waals surface area contributed by atoms with Crippen LogP contribution in [0.2, 0.25) is 5.02 Å². The highest BCUT2D eigenvalue weighted by molar-refractivity contribution is 7.18. The van der Waals surface area contributed by atoms with Crippen LogP contribution in [-0.2, 0) is 0 Å². The highest BCUT2D eigenvalue weighted by Gasteiger charge is 2.24. The zero-order valence-electron chi connectivity index (χ0n) is 14.9. The van der Waals surface area contributed by atoms with Gasteiger partial charge in [-0.3, -0.25) is 9.69 Å². The average Bonchev–Trinajstić information content (AvgIpc) is 3.09. The first-order chi connectivity index (χ1) is 12.5. The van der Waals surface area contributed by atoms with Gasteiger partial charge in [0, 0.05) is 12.1 Å². The normalized spacial score (nSPS) is 11.0. The largest absolute Gasteiger partial charge is 0.282 e. The van der Waals surface area contributed by atoms with Crippen molar-refractivity contribution in [2.75, 3.05) is 11.4 Å². The summed E-state index contributed by atoms with van der Waals surface area (Å²) in [5.41, 5.74) is 2.64. The van der Waals surface area contributed by atoms with Crippen LogP contribution >= 0.6 is 22.9 Å². The lowest BCUT2D eigenvalue weighted by Crippen LogP contribution is -2.34. The summed E-state index contributed by atoms with van der Waals surface area (Å²) in [7, 11) is 0. The maximum absolute atomic E-state index is 13.1. The quantitative estimate of drug-likeness (QED) is 0.585. The molecule has 0 bridgehead atoms. The number of carbonyl (C=O) groups is 1. The Morgan fingerprint density at radius 3 is 2.50 bits per heavy atom. The Kier molecular flexibility index (Phi) is 5.69. The van der Waals surface area contributed by atoms with Crippen LogP contribution in [0.4, 0.5) is 5.13 Å². The second-order valence-electron chi connectivity index (χ2n) is 6.49. The summed E-state index contributed by atoms with van der Waals surface area (Å²) in [5, 5.41) is 10.4. The third kappa shape index (κ3) is 3.94. The summed E-state index contributed by atoms with van der Waals surface area (Å²) in [6, 6.07) is 15.1. The molecule has 0 aliphatic heterocycles. The van der Waals surface area contributed by atoms with Gasteiger partial charge in [0.2, 0.25) is 5.13 Å². The van der Waals surface area contributed by atoms with Crippen LogP contribution in [0.15, 0.2) is 48.5 Å². The SMILES string of the molecule is Cc1ccccc1-c1nnc(N(CC(C)C)C(=O)c2ccccc2Cl)s1. The van der Waals surface area contributed by atoms with Gasteiger partial charge in [-0.15, -0.1) is 10.2 Å². The molecule has 0 saturated heterocycles. The van der Waals surface area contributed by atoms with Crippen molar-refractivity contribution in [3.63, 3.8) is 0 Å². The molecule has 0 fully saturated rings. The zero-order chi connectivity index (χ0) is 18.7.